The highest BCUT2D eigenvalue weighted by Crippen LogP contribution is 2.11. The number of rotatable bonds is 18. The van der Waals surface area contributed by atoms with Crippen LogP contribution in [0.25, 0.3) is 0 Å². The lowest BCUT2D eigenvalue weighted by molar-refractivity contribution is 0.171. The highest BCUT2D eigenvalue weighted by molar-refractivity contribution is 6.35. The van der Waals surface area contributed by atoms with Gasteiger partial charge in [0.1, 0.15) is 0 Å². The largest absolute Gasteiger partial charge is 0.385 e. The maximum atomic E-state index is 5.64. The van der Waals surface area contributed by atoms with E-state index >= 15 is 0 Å². The lowest BCUT2D eigenvalue weighted by Gasteiger charge is -2.04. The Labute approximate surface area is 136 Å². The number of hydrogen-bond acceptors (Lipinski definition) is 2. The minimum Gasteiger partial charge on any atom is -0.385 e. The van der Waals surface area contributed by atoms with Gasteiger partial charge in [-0.2, -0.15) is 0 Å². The summed E-state index contributed by atoms with van der Waals surface area (Å²) >= 11 is 0. The average Bonchev–Trinajstić information content (AvgIpc) is 2.50. The summed E-state index contributed by atoms with van der Waals surface area (Å²) in [5, 5.41) is 0. The molecule has 126 valence electrons. The zero-order valence-corrected chi connectivity index (χ0v) is 15.5. The second kappa shape index (κ2) is 20.1. The standard InChI is InChI=1S/C18H39NOSi/c1-2-3-4-5-6-7-8-9-10-11-12-13-16-20-18-21-17-14-15-19/h2-19H2,1H3. The Morgan fingerprint density at radius 1 is 0.714 bits per heavy atom. The molecule has 3 heteroatoms. The van der Waals surface area contributed by atoms with E-state index in [9.17, 15) is 0 Å². The Hall–Kier alpha value is 0.137. The van der Waals surface area contributed by atoms with Gasteiger partial charge in [0.25, 0.3) is 0 Å². The third-order valence-electron chi connectivity index (χ3n) is 3.90. The van der Waals surface area contributed by atoms with Gasteiger partial charge >= 0.3 is 0 Å². The van der Waals surface area contributed by atoms with Crippen molar-refractivity contribution in [2.75, 3.05) is 19.4 Å². The molecular formula is C18H39NOSi. The fraction of sp³-hybridized carbons (Fsp3) is 1.00. The molecule has 0 atom stereocenters. The van der Waals surface area contributed by atoms with Crippen LogP contribution in [0.5, 0.6) is 0 Å². The van der Waals surface area contributed by atoms with Crippen LogP contribution in [0, 0.1) is 0 Å². The van der Waals surface area contributed by atoms with Crippen LogP contribution < -0.4 is 5.73 Å². The number of unbranched alkanes of at least 4 members (excludes halogenated alkanes) is 11. The molecule has 0 aliphatic rings. The molecule has 0 aromatic rings. The third kappa shape index (κ3) is 20.1. The summed E-state index contributed by atoms with van der Waals surface area (Å²) < 4.78 is 5.64. The first kappa shape index (κ1) is 21.1. The van der Waals surface area contributed by atoms with Crippen molar-refractivity contribution < 1.29 is 4.74 Å². The molecule has 0 heterocycles. The molecule has 0 aliphatic carbocycles. The zero-order valence-electron chi connectivity index (χ0n) is 14.5. The van der Waals surface area contributed by atoms with Crippen LogP contribution in [0.15, 0.2) is 0 Å². The Morgan fingerprint density at radius 2 is 1.24 bits per heavy atom. The highest BCUT2D eigenvalue weighted by atomic mass is 28.2. The molecule has 2 radical (unpaired) electrons. The highest BCUT2D eigenvalue weighted by Gasteiger charge is 1.94. The van der Waals surface area contributed by atoms with Crippen LogP contribution in [0.3, 0.4) is 0 Å². The molecule has 0 aliphatic heterocycles. The van der Waals surface area contributed by atoms with Gasteiger partial charge in [-0.1, -0.05) is 83.6 Å². The quantitative estimate of drug-likeness (QED) is 0.281. The third-order valence-corrected chi connectivity index (χ3v) is 5.02. The van der Waals surface area contributed by atoms with Crippen LogP contribution in [0.4, 0.5) is 0 Å². The monoisotopic (exact) mass is 313 g/mol. The first-order valence-corrected chi connectivity index (χ1v) is 10.8. The summed E-state index contributed by atoms with van der Waals surface area (Å²) in [6, 6.07) is 1.24. The summed E-state index contributed by atoms with van der Waals surface area (Å²) in [6.07, 6.45) is 19.0. The van der Waals surface area contributed by atoms with E-state index in [0.717, 1.165) is 35.3 Å². The molecule has 0 amide bonds. The molecule has 21 heavy (non-hydrogen) atoms. The summed E-state index contributed by atoms with van der Waals surface area (Å²) in [5.41, 5.74) is 5.46. The summed E-state index contributed by atoms with van der Waals surface area (Å²) in [5.74, 6) is 0. The molecule has 0 aromatic carbocycles. The average molecular weight is 314 g/mol. The van der Waals surface area contributed by atoms with Gasteiger partial charge in [0.15, 0.2) is 0 Å². The summed E-state index contributed by atoms with van der Waals surface area (Å²) in [6.45, 7) is 4.08. The van der Waals surface area contributed by atoms with Gasteiger partial charge in [0.05, 0.1) is 9.52 Å². The van der Waals surface area contributed by atoms with Crippen LogP contribution in [0.2, 0.25) is 6.04 Å². The summed E-state index contributed by atoms with van der Waals surface area (Å²) in [7, 11) is 0.948. The SMILES string of the molecule is CCCCCCCCCCCCCCOC[Si]CCCN. The maximum Gasteiger partial charge on any atom is 0.0734 e. The molecule has 2 N–H and O–H groups in total. The van der Waals surface area contributed by atoms with Gasteiger partial charge in [-0.25, -0.2) is 0 Å². The lowest BCUT2D eigenvalue weighted by atomic mass is 10.1. The van der Waals surface area contributed by atoms with Crippen molar-refractivity contribution >= 4 is 9.52 Å². The maximum absolute atomic E-state index is 5.64. The van der Waals surface area contributed by atoms with E-state index in [-0.39, 0.29) is 0 Å². The van der Waals surface area contributed by atoms with E-state index < -0.39 is 0 Å². The van der Waals surface area contributed by atoms with Crippen LogP contribution in [0.1, 0.15) is 90.4 Å². The summed E-state index contributed by atoms with van der Waals surface area (Å²) in [4.78, 5) is 0. The second-order valence-electron chi connectivity index (χ2n) is 6.08. The molecule has 0 unspecified atom stereocenters. The van der Waals surface area contributed by atoms with Crippen molar-refractivity contribution in [2.24, 2.45) is 5.73 Å². The Bertz CT molecular complexity index is 161. The minimum absolute atomic E-state index is 0.825. The van der Waals surface area contributed by atoms with Crippen LogP contribution >= 0.6 is 0 Å². The molecule has 0 spiro atoms. The predicted octanol–water partition coefficient (Wildman–Crippen LogP) is 5.13. The van der Waals surface area contributed by atoms with Crippen molar-refractivity contribution in [1.29, 1.82) is 0 Å². The van der Waals surface area contributed by atoms with E-state index in [1.54, 1.807) is 0 Å². The predicted molar refractivity (Wildman–Crippen MR) is 96.1 cm³/mol. The van der Waals surface area contributed by atoms with Gasteiger partial charge in [-0.15, -0.1) is 0 Å². The number of nitrogens with two attached hydrogens (primary N) is 1. The van der Waals surface area contributed by atoms with Crippen molar-refractivity contribution in [2.45, 2.75) is 96.4 Å². The van der Waals surface area contributed by atoms with E-state index in [1.165, 1.54) is 83.1 Å². The van der Waals surface area contributed by atoms with Gasteiger partial charge in [-0.05, 0) is 19.4 Å². The Morgan fingerprint density at radius 3 is 1.76 bits per heavy atom. The lowest BCUT2D eigenvalue weighted by Crippen LogP contribution is -2.07. The Balaban J connectivity index is 2.90. The minimum atomic E-state index is 0.825. The van der Waals surface area contributed by atoms with Crippen molar-refractivity contribution in [3.8, 4) is 0 Å². The Kier molecular flexibility index (Phi) is 20.3. The van der Waals surface area contributed by atoms with Crippen LogP contribution in [-0.2, 0) is 4.74 Å². The first-order chi connectivity index (χ1) is 10.4. The number of hydrogen-bond donors (Lipinski definition) is 1. The van der Waals surface area contributed by atoms with Crippen LogP contribution in [-0.4, -0.2) is 28.9 Å². The molecule has 0 saturated carbocycles. The smallest absolute Gasteiger partial charge is 0.0734 e. The molecule has 0 bridgehead atoms. The van der Waals surface area contributed by atoms with Crippen molar-refractivity contribution in [3.63, 3.8) is 0 Å². The van der Waals surface area contributed by atoms with Gasteiger partial charge in [0, 0.05) is 12.8 Å². The van der Waals surface area contributed by atoms with E-state index in [2.05, 4.69) is 6.92 Å². The molecular weight excluding hydrogens is 274 g/mol. The first-order valence-electron chi connectivity index (χ1n) is 9.40. The molecule has 0 rings (SSSR count). The normalized spacial score (nSPS) is 11.1. The van der Waals surface area contributed by atoms with Gasteiger partial charge < -0.3 is 10.5 Å². The van der Waals surface area contributed by atoms with E-state index in [1.807, 2.05) is 0 Å². The fourth-order valence-corrected chi connectivity index (χ4v) is 3.38. The fourth-order valence-electron chi connectivity index (χ4n) is 2.49. The van der Waals surface area contributed by atoms with Crippen molar-refractivity contribution in [3.05, 3.63) is 0 Å². The van der Waals surface area contributed by atoms with E-state index in [0.29, 0.717) is 0 Å². The second-order valence-corrected chi connectivity index (χ2v) is 7.37. The molecule has 0 aromatic heterocycles. The molecule has 0 fully saturated rings. The molecule has 2 nitrogen and oxygen atoms in total. The van der Waals surface area contributed by atoms with Gasteiger partial charge in [0.2, 0.25) is 0 Å². The van der Waals surface area contributed by atoms with E-state index in [4.69, 9.17) is 10.5 Å². The zero-order chi connectivity index (χ0) is 15.4. The van der Waals surface area contributed by atoms with Gasteiger partial charge in [-0.3, -0.25) is 0 Å². The topological polar surface area (TPSA) is 35.2 Å². The number of ether oxygens (including phenoxy) is 1. The molecule has 0 saturated heterocycles. The van der Waals surface area contributed by atoms with Crippen molar-refractivity contribution in [1.82, 2.24) is 0 Å².